The van der Waals surface area contributed by atoms with E-state index in [0.29, 0.717) is 30.9 Å². The zero-order chi connectivity index (χ0) is 12.8. The molecule has 1 aromatic heterocycles. The van der Waals surface area contributed by atoms with Crippen molar-refractivity contribution in [3.8, 4) is 0 Å². The smallest absolute Gasteiger partial charge is 0.156 e. The molecule has 1 aromatic rings. The number of hydrogen-bond donors (Lipinski definition) is 1. The highest BCUT2D eigenvalue weighted by molar-refractivity contribution is 7.92. The Kier molecular flexibility index (Phi) is 2.90. The van der Waals surface area contributed by atoms with Gasteiger partial charge in [-0.1, -0.05) is 0 Å². The number of aliphatic hydroxyl groups excluding tert-OH is 1. The van der Waals surface area contributed by atoms with E-state index in [1.165, 1.54) is 0 Å². The molecular weight excluding hydrogens is 254 g/mol. The fourth-order valence-corrected chi connectivity index (χ4v) is 4.59. The largest absolute Gasteiger partial charge is 0.385 e. The predicted octanol–water partition coefficient (Wildman–Crippen LogP) is 0.225. The second-order valence-electron chi connectivity index (χ2n) is 5.10. The summed E-state index contributed by atoms with van der Waals surface area (Å²) in [6, 6.07) is 0. The average molecular weight is 271 g/mol. The van der Waals surface area contributed by atoms with Gasteiger partial charge in [-0.15, -0.1) is 0 Å². The number of fused-ring (bicyclic) bond motifs is 1. The Morgan fingerprint density at radius 2 is 2.17 bits per heavy atom. The fraction of sp³-hybridized carbons (Fsp3) is 0.818. The number of hydrogen-bond acceptors (Lipinski definition) is 5. The highest BCUT2D eigenvalue weighted by atomic mass is 32.2. The van der Waals surface area contributed by atoms with Crippen molar-refractivity contribution in [3.63, 3.8) is 0 Å². The Bertz CT molecular complexity index is 552. The van der Waals surface area contributed by atoms with Crippen LogP contribution < -0.4 is 0 Å². The van der Waals surface area contributed by atoms with Gasteiger partial charge in [-0.25, -0.2) is 18.1 Å². The molecule has 1 fully saturated rings. The molecule has 0 aromatic carbocycles. The lowest BCUT2D eigenvalue weighted by molar-refractivity contribution is 0.130. The third-order valence-corrected chi connectivity index (χ3v) is 6.04. The lowest BCUT2D eigenvalue weighted by Crippen LogP contribution is -2.19. The van der Waals surface area contributed by atoms with Crippen LogP contribution in [0, 0.1) is 0 Å². The number of aromatic nitrogens is 3. The molecule has 2 aliphatic rings. The summed E-state index contributed by atoms with van der Waals surface area (Å²) in [5.41, 5.74) is 0. The number of aryl methyl sites for hydroxylation is 1. The summed E-state index contributed by atoms with van der Waals surface area (Å²) in [4.78, 5) is 4.30. The Morgan fingerprint density at radius 1 is 1.33 bits per heavy atom. The van der Waals surface area contributed by atoms with Crippen LogP contribution in [-0.2, 0) is 22.8 Å². The molecule has 2 unspecified atom stereocenters. The summed E-state index contributed by atoms with van der Waals surface area (Å²) < 4.78 is 25.2. The third-order valence-electron chi connectivity index (χ3n) is 3.76. The molecular formula is C11H17N3O3S. The third kappa shape index (κ3) is 2.05. The molecule has 3 heterocycles. The molecule has 0 amide bonds. The molecule has 3 rings (SSSR count). The standard InChI is InChI=1S/C11H17N3O3S/c15-9-4-1-5-14-11(9)12-10(13-14)7-8-3-2-6-18(8,16)17/h8-9,15H,1-7H2. The van der Waals surface area contributed by atoms with Crippen LogP contribution in [0.4, 0.5) is 0 Å². The van der Waals surface area contributed by atoms with E-state index in [9.17, 15) is 13.5 Å². The lowest BCUT2D eigenvalue weighted by atomic mass is 10.1. The Hall–Kier alpha value is -0.950. The number of sulfone groups is 1. The SMILES string of the molecule is O=S1(=O)CCCC1Cc1nc2n(n1)CCCC2O. The van der Waals surface area contributed by atoms with Gasteiger partial charge in [-0.2, -0.15) is 5.10 Å². The van der Waals surface area contributed by atoms with Crippen LogP contribution in [0.2, 0.25) is 0 Å². The van der Waals surface area contributed by atoms with E-state index in [4.69, 9.17) is 0 Å². The van der Waals surface area contributed by atoms with Gasteiger partial charge in [0.2, 0.25) is 0 Å². The normalized spacial score (nSPS) is 30.3. The summed E-state index contributed by atoms with van der Waals surface area (Å²) in [7, 11) is -2.95. The van der Waals surface area contributed by atoms with Crippen LogP contribution in [-0.4, -0.2) is 39.3 Å². The van der Waals surface area contributed by atoms with Gasteiger partial charge in [0.25, 0.3) is 0 Å². The maximum atomic E-state index is 11.8. The van der Waals surface area contributed by atoms with Gasteiger partial charge in [0.1, 0.15) is 6.10 Å². The van der Waals surface area contributed by atoms with Gasteiger partial charge in [0.05, 0.1) is 11.0 Å². The monoisotopic (exact) mass is 271 g/mol. The Balaban J connectivity index is 1.82. The fourth-order valence-electron chi connectivity index (χ4n) is 2.76. The van der Waals surface area contributed by atoms with Crippen LogP contribution in [0.1, 0.15) is 43.4 Å². The average Bonchev–Trinajstić information content (AvgIpc) is 2.84. The summed E-state index contributed by atoms with van der Waals surface area (Å²) in [5, 5.41) is 13.8. The van der Waals surface area contributed by atoms with E-state index in [1.54, 1.807) is 4.68 Å². The minimum Gasteiger partial charge on any atom is -0.385 e. The number of rotatable bonds is 2. The molecule has 0 radical (unpaired) electrons. The Labute approximate surface area is 106 Å². The molecule has 1 N–H and O–H groups in total. The van der Waals surface area contributed by atoms with Crippen molar-refractivity contribution in [2.45, 2.75) is 50.0 Å². The van der Waals surface area contributed by atoms with Gasteiger partial charge < -0.3 is 5.11 Å². The van der Waals surface area contributed by atoms with Crippen LogP contribution >= 0.6 is 0 Å². The molecule has 2 atom stereocenters. The first-order chi connectivity index (χ1) is 8.56. The quantitative estimate of drug-likeness (QED) is 0.832. The van der Waals surface area contributed by atoms with Crippen molar-refractivity contribution in [3.05, 3.63) is 11.6 Å². The Morgan fingerprint density at radius 3 is 2.83 bits per heavy atom. The molecule has 1 saturated heterocycles. The molecule has 0 bridgehead atoms. The minimum absolute atomic E-state index is 0.286. The van der Waals surface area contributed by atoms with Crippen molar-refractivity contribution >= 4 is 9.84 Å². The van der Waals surface area contributed by atoms with E-state index < -0.39 is 15.9 Å². The maximum absolute atomic E-state index is 11.8. The highest BCUT2D eigenvalue weighted by Crippen LogP contribution is 2.26. The summed E-state index contributed by atoms with van der Waals surface area (Å²) in [5.74, 6) is 1.43. The van der Waals surface area contributed by atoms with Gasteiger partial charge >= 0.3 is 0 Å². The summed E-state index contributed by atoms with van der Waals surface area (Å²) >= 11 is 0. The molecule has 100 valence electrons. The van der Waals surface area contributed by atoms with Crippen molar-refractivity contribution in [2.75, 3.05) is 5.75 Å². The summed E-state index contributed by atoms with van der Waals surface area (Å²) in [6.45, 7) is 0.761. The van der Waals surface area contributed by atoms with Crippen LogP contribution in [0.25, 0.3) is 0 Å². The van der Waals surface area contributed by atoms with Crippen molar-refractivity contribution in [1.29, 1.82) is 0 Å². The van der Waals surface area contributed by atoms with Gasteiger partial charge in [0.15, 0.2) is 21.5 Å². The van der Waals surface area contributed by atoms with Crippen LogP contribution in [0.15, 0.2) is 0 Å². The number of aliphatic hydroxyl groups is 1. The van der Waals surface area contributed by atoms with Gasteiger partial charge in [-0.05, 0) is 25.7 Å². The van der Waals surface area contributed by atoms with Gasteiger partial charge in [0, 0.05) is 13.0 Å². The van der Waals surface area contributed by atoms with E-state index in [0.717, 1.165) is 19.4 Å². The topological polar surface area (TPSA) is 85.1 Å². The van der Waals surface area contributed by atoms with Crippen LogP contribution in [0.3, 0.4) is 0 Å². The lowest BCUT2D eigenvalue weighted by Gasteiger charge is -2.16. The zero-order valence-corrected chi connectivity index (χ0v) is 10.9. The molecule has 7 heteroatoms. The number of nitrogens with zero attached hydrogens (tertiary/aromatic N) is 3. The van der Waals surface area contributed by atoms with E-state index in [1.807, 2.05) is 0 Å². The highest BCUT2D eigenvalue weighted by Gasteiger charge is 2.33. The minimum atomic E-state index is -2.95. The van der Waals surface area contributed by atoms with E-state index in [2.05, 4.69) is 10.1 Å². The van der Waals surface area contributed by atoms with Gasteiger partial charge in [-0.3, -0.25) is 0 Å². The zero-order valence-electron chi connectivity index (χ0n) is 10.1. The second kappa shape index (κ2) is 4.31. The molecule has 2 aliphatic heterocycles. The van der Waals surface area contributed by atoms with Crippen LogP contribution in [0.5, 0.6) is 0 Å². The first-order valence-electron chi connectivity index (χ1n) is 6.39. The predicted molar refractivity (Wildman–Crippen MR) is 64.7 cm³/mol. The van der Waals surface area contributed by atoms with Crippen molar-refractivity contribution < 1.29 is 13.5 Å². The summed E-state index contributed by atoms with van der Waals surface area (Å²) in [6.07, 6.45) is 2.87. The van der Waals surface area contributed by atoms with E-state index in [-0.39, 0.29) is 11.0 Å². The molecule has 18 heavy (non-hydrogen) atoms. The molecule has 6 nitrogen and oxygen atoms in total. The first kappa shape index (κ1) is 12.1. The maximum Gasteiger partial charge on any atom is 0.156 e. The second-order valence-corrected chi connectivity index (χ2v) is 7.50. The molecule has 0 saturated carbocycles. The first-order valence-corrected chi connectivity index (χ1v) is 8.11. The molecule has 0 aliphatic carbocycles. The van der Waals surface area contributed by atoms with Crippen molar-refractivity contribution in [2.24, 2.45) is 0 Å². The molecule has 0 spiro atoms. The van der Waals surface area contributed by atoms with E-state index >= 15 is 0 Å². The van der Waals surface area contributed by atoms with Crippen molar-refractivity contribution in [1.82, 2.24) is 14.8 Å².